The van der Waals surface area contributed by atoms with Gasteiger partial charge in [-0.25, -0.2) is 0 Å². The monoisotopic (exact) mass is 379 g/mol. The molecule has 1 atom stereocenters. The third-order valence-electron chi connectivity index (χ3n) is 4.27. The lowest BCUT2D eigenvalue weighted by atomic mass is 9.75. The number of phenols is 1. The van der Waals surface area contributed by atoms with Crippen LogP contribution in [0.3, 0.4) is 0 Å². The van der Waals surface area contributed by atoms with Gasteiger partial charge in [0.2, 0.25) is 0 Å². The zero-order chi connectivity index (χ0) is 16.0. The van der Waals surface area contributed by atoms with Gasteiger partial charge in [-0.15, -0.1) is 17.0 Å². The number of hydrogen-bond acceptors (Lipinski definition) is 3. The van der Waals surface area contributed by atoms with Crippen LogP contribution in [-0.4, -0.2) is 29.4 Å². The number of aliphatic hydroxyl groups is 1. The Morgan fingerprint density at radius 1 is 1.00 bits per heavy atom. The molecule has 126 valence electrons. The number of hydrogen-bond donors (Lipinski definition) is 3. The molecule has 0 radical (unpaired) electrons. The normalized spacial score (nSPS) is 12.5. The second-order valence-corrected chi connectivity index (χ2v) is 6.19. The lowest BCUT2D eigenvalue weighted by molar-refractivity contribution is 0.261. The average molecular weight is 380 g/mol. The molecule has 0 heterocycles. The number of benzene rings is 2. The highest BCUT2D eigenvalue weighted by Gasteiger charge is 2.31. The number of phenolic OH excluding ortho intramolecular Hbond substituents is 1. The lowest BCUT2D eigenvalue weighted by Gasteiger charge is -2.36. The molecule has 0 saturated heterocycles. The Kier molecular flexibility index (Phi) is 7.76. The topological polar surface area (TPSA) is 52.5 Å². The predicted octanol–water partition coefficient (Wildman–Crippen LogP) is 3.44. The summed E-state index contributed by atoms with van der Waals surface area (Å²) in [5.41, 5.74) is 2.31. The number of aromatic hydroxyl groups is 1. The molecular weight excluding hydrogens is 354 g/mol. The standard InChI is InChI=1S/C19H25NO2.BrH/c1-19(2,16-8-10-17(22)11-9-16)18(20-12-13-21)14-15-6-4-3-5-7-15;/h3-11,18,20-22H,12-14H2,1-2H3;1H. The smallest absolute Gasteiger partial charge is 0.115 e. The number of halogens is 1. The van der Waals surface area contributed by atoms with Crippen molar-refractivity contribution >= 4 is 17.0 Å². The summed E-state index contributed by atoms with van der Waals surface area (Å²) < 4.78 is 0. The Bertz CT molecular complexity index is 570. The van der Waals surface area contributed by atoms with Crippen LogP contribution in [0.25, 0.3) is 0 Å². The minimum Gasteiger partial charge on any atom is -0.508 e. The van der Waals surface area contributed by atoms with E-state index in [1.54, 1.807) is 12.1 Å². The molecule has 0 aliphatic carbocycles. The fraction of sp³-hybridized carbons (Fsp3) is 0.368. The summed E-state index contributed by atoms with van der Waals surface area (Å²) in [5, 5.41) is 22.1. The molecule has 3 nitrogen and oxygen atoms in total. The molecule has 0 aromatic heterocycles. The minimum absolute atomic E-state index is 0. The number of nitrogens with one attached hydrogen (secondary N) is 1. The molecule has 3 N–H and O–H groups in total. The first-order valence-electron chi connectivity index (χ1n) is 7.71. The van der Waals surface area contributed by atoms with E-state index in [2.05, 4.69) is 31.3 Å². The second kappa shape index (κ2) is 9.06. The van der Waals surface area contributed by atoms with E-state index < -0.39 is 0 Å². The van der Waals surface area contributed by atoms with E-state index in [-0.39, 0.29) is 40.8 Å². The first-order valence-corrected chi connectivity index (χ1v) is 7.71. The van der Waals surface area contributed by atoms with Crippen molar-refractivity contribution in [3.8, 4) is 5.75 Å². The summed E-state index contributed by atoms with van der Waals surface area (Å²) in [5.74, 6) is 0.280. The molecule has 0 aliphatic rings. The van der Waals surface area contributed by atoms with Crippen molar-refractivity contribution in [2.45, 2.75) is 31.7 Å². The summed E-state index contributed by atoms with van der Waals surface area (Å²) in [7, 11) is 0. The first kappa shape index (κ1) is 19.7. The van der Waals surface area contributed by atoms with E-state index >= 15 is 0 Å². The van der Waals surface area contributed by atoms with Gasteiger partial charge in [0.1, 0.15) is 5.75 Å². The van der Waals surface area contributed by atoms with Crippen molar-refractivity contribution in [3.05, 3.63) is 65.7 Å². The van der Waals surface area contributed by atoms with Gasteiger partial charge in [-0.3, -0.25) is 0 Å². The SMILES string of the molecule is Br.CC(C)(c1ccc(O)cc1)C(Cc1ccccc1)NCCO. The molecule has 0 saturated carbocycles. The molecule has 0 fully saturated rings. The van der Waals surface area contributed by atoms with Crippen molar-refractivity contribution < 1.29 is 10.2 Å². The Labute approximate surface area is 149 Å². The molecule has 1 unspecified atom stereocenters. The van der Waals surface area contributed by atoms with Crippen molar-refractivity contribution in [1.82, 2.24) is 5.32 Å². The zero-order valence-corrected chi connectivity index (χ0v) is 15.4. The van der Waals surface area contributed by atoms with Crippen molar-refractivity contribution in [1.29, 1.82) is 0 Å². The van der Waals surface area contributed by atoms with Crippen molar-refractivity contribution in [3.63, 3.8) is 0 Å². The van der Waals surface area contributed by atoms with Crippen LogP contribution >= 0.6 is 17.0 Å². The van der Waals surface area contributed by atoms with Crippen LogP contribution < -0.4 is 5.32 Å². The van der Waals surface area contributed by atoms with Crippen molar-refractivity contribution in [2.24, 2.45) is 0 Å². The van der Waals surface area contributed by atoms with E-state index in [1.807, 2.05) is 30.3 Å². The van der Waals surface area contributed by atoms with Crippen LogP contribution in [0.15, 0.2) is 54.6 Å². The van der Waals surface area contributed by atoms with E-state index in [1.165, 1.54) is 5.56 Å². The van der Waals surface area contributed by atoms with Gasteiger partial charge in [-0.2, -0.15) is 0 Å². The summed E-state index contributed by atoms with van der Waals surface area (Å²) >= 11 is 0. The van der Waals surface area contributed by atoms with E-state index in [9.17, 15) is 5.11 Å². The van der Waals surface area contributed by atoms with Crippen LogP contribution in [0.2, 0.25) is 0 Å². The van der Waals surface area contributed by atoms with Crippen LogP contribution in [0.1, 0.15) is 25.0 Å². The maximum atomic E-state index is 9.49. The van der Waals surface area contributed by atoms with Crippen LogP contribution in [0, 0.1) is 0 Å². The van der Waals surface area contributed by atoms with Gasteiger partial charge in [-0.05, 0) is 29.7 Å². The Morgan fingerprint density at radius 3 is 2.17 bits per heavy atom. The first-order chi connectivity index (χ1) is 10.5. The molecule has 2 aromatic rings. The molecule has 2 rings (SSSR count). The van der Waals surface area contributed by atoms with Crippen LogP contribution in [0.4, 0.5) is 0 Å². The molecule has 0 aliphatic heterocycles. The molecule has 0 bridgehead atoms. The fourth-order valence-electron chi connectivity index (χ4n) is 2.76. The zero-order valence-electron chi connectivity index (χ0n) is 13.7. The quantitative estimate of drug-likeness (QED) is 0.690. The molecule has 4 heteroatoms. The highest BCUT2D eigenvalue weighted by atomic mass is 79.9. The summed E-state index contributed by atoms with van der Waals surface area (Å²) in [4.78, 5) is 0. The van der Waals surface area contributed by atoms with Gasteiger partial charge < -0.3 is 15.5 Å². The van der Waals surface area contributed by atoms with Gasteiger partial charge in [0.25, 0.3) is 0 Å². The summed E-state index contributed by atoms with van der Waals surface area (Å²) in [6.07, 6.45) is 0.884. The van der Waals surface area contributed by atoms with E-state index in [0.29, 0.717) is 6.54 Å². The molecule has 0 amide bonds. The van der Waals surface area contributed by atoms with Crippen LogP contribution in [-0.2, 0) is 11.8 Å². The van der Waals surface area contributed by atoms with Gasteiger partial charge in [0.05, 0.1) is 6.61 Å². The summed E-state index contributed by atoms with van der Waals surface area (Å²) in [6, 6.07) is 17.9. The maximum Gasteiger partial charge on any atom is 0.115 e. The predicted molar refractivity (Wildman–Crippen MR) is 100 cm³/mol. The van der Waals surface area contributed by atoms with Gasteiger partial charge >= 0.3 is 0 Å². The maximum absolute atomic E-state index is 9.49. The van der Waals surface area contributed by atoms with E-state index in [4.69, 9.17) is 5.11 Å². The van der Waals surface area contributed by atoms with Gasteiger partial charge in [-0.1, -0.05) is 56.3 Å². The third-order valence-corrected chi connectivity index (χ3v) is 4.27. The Balaban J connectivity index is 0.00000264. The van der Waals surface area contributed by atoms with Crippen molar-refractivity contribution in [2.75, 3.05) is 13.2 Å². The highest BCUT2D eigenvalue weighted by molar-refractivity contribution is 8.93. The van der Waals surface area contributed by atoms with E-state index in [0.717, 1.165) is 12.0 Å². The minimum atomic E-state index is -0.126. The van der Waals surface area contributed by atoms with Gasteiger partial charge in [0.15, 0.2) is 0 Å². The second-order valence-electron chi connectivity index (χ2n) is 6.19. The molecule has 23 heavy (non-hydrogen) atoms. The fourth-order valence-corrected chi connectivity index (χ4v) is 2.76. The van der Waals surface area contributed by atoms with Gasteiger partial charge in [0, 0.05) is 18.0 Å². The Morgan fingerprint density at radius 2 is 1.61 bits per heavy atom. The third kappa shape index (κ3) is 5.34. The highest BCUT2D eigenvalue weighted by Crippen LogP contribution is 2.30. The van der Waals surface area contributed by atoms with Crippen LogP contribution in [0.5, 0.6) is 5.75 Å². The Hall–Kier alpha value is -1.36. The number of aliphatic hydroxyl groups excluding tert-OH is 1. The molecule has 2 aromatic carbocycles. The largest absolute Gasteiger partial charge is 0.508 e. The average Bonchev–Trinajstić information content (AvgIpc) is 2.52. The molecular formula is C19H26BrNO2. The molecule has 0 spiro atoms. The summed E-state index contributed by atoms with van der Waals surface area (Å²) in [6.45, 7) is 5.07. The number of rotatable bonds is 7. The lowest BCUT2D eigenvalue weighted by Crippen LogP contribution is -2.47.